The third kappa shape index (κ3) is 4.59. The molecule has 5 heteroatoms. The van der Waals surface area contributed by atoms with Crippen molar-refractivity contribution in [2.24, 2.45) is 29.1 Å². The molecule has 0 aliphatic heterocycles. The molecule has 5 saturated carbocycles. The predicted molar refractivity (Wildman–Crippen MR) is 168 cm³/mol. The van der Waals surface area contributed by atoms with E-state index in [0.717, 1.165) is 48.1 Å². The fourth-order valence-corrected chi connectivity index (χ4v) is 9.84. The maximum Gasteiger partial charge on any atom is 0.245 e. The minimum absolute atomic E-state index is 0.00723. The van der Waals surface area contributed by atoms with Crippen molar-refractivity contribution in [3.05, 3.63) is 71.4 Å². The first-order chi connectivity index (χ1) is 20.0. The largest absolute Gasteiger partial charge is 0.358 e. The maximum atomic E-state index is 14.4. The summed E-state index contributed by atoms with van der Waals surface area (Å²) in [6.07, 6.45) is 7.78. The number of nitrogens with zero attached hydrogens (tertiary/aromatic N) is 1. The Balaban J connectivity index is 1.14. The fraction of sp³-hybridized carbons (Fsp3) is 0.568. The minimum atomic E-state index is -0.957. The summed E-state index contributed by atoms with van der Waals surface area (Å²) in [4.78, 5) is 34.1. The maximum absolute atomic E-state index is 14.4. The summed E-state index contributed by atoms with van der Waals surface area (Å²) in [6.45, 7) is 11.1. The number of rotatable bonds is 8. The summed E-state index contributed by atoms with van der Waals surface area (Å²) in [6, 6.07) is 18.6. The highest BCUT2D eigenvalue weighted by Gasteiger charge is 2.60. The van der Waals surface area contributed by atoms with Gasteiger partial charge in [0.05, 0.1) is 0 Å². The molecule has 0 saturated heterocycles. The second kappa shape index (κ2) is 9.72. The lowest BCUT2D eigenvalue weighted by Crippen LogP contribution is -2.65. The van der Waals surface area contributed by atoms with Gasteiger partial charge in [0.2, 0.25) is 11.8 Å². The van der Waals surface area contributed by atoms with Crippen molar-refractivity contribution in [2.45, 2.75) is 103 Å². The number of carbonyl (C=O) groups is 2. The molecule has 5 aliphatic rings. The molecule has 222 valence electrons. The first kappa shape index (κ1) is 27.7. The molecule has 4 bridgehead atoms. The Kier molecular flexibility index (Phi) is 6.42. The van der Waals surface area contributed by atoms with Crippen LogP contribution in [-0.4, -0.2) is 32.8 Å². The number of aryl methyl sites for hydroxylation is 1. The average Bonchev–Trinajstić information content (AvgIpc) is 3.27. The number of amides is 2. The zero-order valence-corrected chi connectivity index (χ0v) is 26.0. The van der Waals surface area contributed by atoms with E-state index in [-0.39, 0.29) is 28.7 Å². The van der Waals surface area contributed by atoms with Gasteiger partial charge in [0.1, 0.15) is 5.54 Å². The second-order valence-corrected chi connectivity index (χ2v) is 15.5. The first-order valence-electron chi connectivity index (χ1n) is 16.2. The lowest BCUT2D eigenvalue weighted by atomic mass is 9.53. The molecule has 2 aromatic carbocycles. The molecule has 8 rings (SSSR count). The van der Waals surface area contributed by atoms with Gasteiger partial charge in [0.25, 0.3) is 0 Å². The first-order valence-corrected chi connectivity index (χ1v) is 16.2. The van der Waals surface area contributed by atoms with Crippen LogP contribution in [-0.2, 0) is 16.1 Å². The van der Waals surface area contributed by atoms with Crippen molar-refractivity contribution in [2.75, 3.05) is 0 Å². The summed E-state index contributed by atoms with van der Waals surface area (Å²) in [7, 11) is 0. The van der Waals surface area contributed by atoms with Crippen molar-refractivity contribution in [3.8, 4) is 0 Å². The molecule has 0 unspecified atom stereocenters. The van der Waals surface area contributed by atoms with Crippen molar-refractivity contribution < 1.29 is 9.59 Å². The molecule has 2 N–H and O–H groups in total. The van der Waals surface area contributed by atoms with Crippen LogP contribution >= 0.6 is 0 Å². The highest BCUT2D eigenvalue weighted by atomic mass is 16.2. The number of aromatic nitrogens is 1. The lowest BCUT2D eigenvalue weighted by Gasteiger charge is -2.57. The Morgan fingerprint density at radius 2 is 1.52 bits per heavy atom. The SMILES string of the molecule is Cc1[nH]c2ccccc2c1[C@@H]1[C@H](CC(=O)N(Cc2ccccc2)C(C)(C)C(=O)NC23CC4CC(CC(C4)C2)C3)C1(C)C. The Morgan fingerprint density at radius 1 is 0.929 bits per heavy atom. The Morgan fingerprint density at radius 3 is 2.17 bits per heavy atom. The molecular weight excluding hydrogens is 518 g/mol. The monoisotopic (exact) mass is 565 g/mol. The van der Waals surface area contributed by atoms with Crippen LogP contribution in [0, 0.1) is 36.0 Å². The number of fused-ring (bicyclic) bond motifs is 1. The van der Waals surface area contributed by atoms with Crippen LogP contribution in [0.2, 0.25) is 0 Å². The molecule has 5 nitrogen and oxygen atoms in total. The van der Waals surface area contributed by atoms with Gasteiger partial charge in [-0.1, -0.05) is 62.4 Å². The molecule has 2 amide bonds. The Hall–Kier alpha value is -3.08. The molecule has 5 fully saturated rings. The zero-order chi connectivity index (χ0) is 29.4. The number of nitrogens with one attached hydrogen (secondary N) is 2. The smallest absolute Gasteiger partial charge is 0.245 e. The van der Waals surface area contributed by atoms with Gasteiger partial charge in [-0.3, -0.25) is 9.59 Å². The van der Waals surface area contributed by atoms with Crippen LogP contribution in [0.4, 0.5) is 0 Å². The van der Waals surface area contributed by atoms with Gasteiger partial charge in [0.15, 0.2) is 0 Å². The van der Waals surface area contributed by atoms with Crippen LogP contribution in [0.1, 0.15) is 95.4 Å². The topological polar surface area (TPSA) is 65.2 Å². The quantitative estimate of drug-likeness (QED) is 0.297. The lowest BCUT2D eigenvalue weighted by molar-refractivity contribution is -0.150. The molecule has 2 atom stereocenters. The van der Waals surface area contributed by atoms with E-state index in [1.807, 2.05) is 36.9 Å². The third-order valence-electron chi connectivity index (χ3n) is 11.8. The van der Waals surface area contributed by atoms with E-state index in [0.29, 0.717) is 18.9 Å². The van der Waals surface area contributed by atoms with E-state index >= 15 is 0 Å². The van der Waals surface area contributed by atoms with Gasteiger partial charge in [0, 0.05) is 35.1 Å². The van der Waals surface area contributed by atoms with Crippen LogP contribution in [0.25, 0.3) is 10.9 Å². The number of carbonyl (C=O) groups excluding carboxylic acids is 2. The van der Waals surface area contributed by atoms with Crippen LogP contribution < -0.4 is 5.32 Å². The summed E-state index contributed by atoms with van der Waals surface area (Å²) in [5.74, 6) is 2.87. The highest BCUT2D eigenvalue weighted by Crippen LogP contribution is 2.67. The van der Waals surface area contributed by atoms with E-state index in [1.165, 1.54) is 35.9 Å². The molecule has 1 heterocycles. The third-order valence-corrected chi connectivity index (χ3v) is 11.8. The minimum Gasteiger partial charge on any atom is -0.358 e. The normalized spacial score (nSPS) is 30.8. The summed E-state index contributed by atoms with van der Waals surface area (Å²) < 4.78 is 0. The number of aromatic amines is 1. The average molecular weight is 566 g/mol. The molecular formula is C37H47N3O2. The molecule has 0 radical (unpaired) electrons. The molecule has 3 aromatic rings. The van der Waals surface area contributed by atoms with Gasteiger partial charge in [-0.05, 0) is 111 Å². The second-order valence-electron chi connectivity index (χ2n) is 15.5. The van der Waals surface area contributed by atoms with E-state index in [4.69, 9.17) is 0 Å². The van der Waals surface area contributed by atoms with Crippen molar-refractivity contribution in [3.63, 3.8) is 0 Å². The van der Waals surface area contributed by atoms with Crippen molar-refractivity contribution in [1.82, 2.24) is 15.2 Å². The van der Waals surface area contributed by atoms with Crippen molar-refractivity contribution >= 4 is 22.7 Å². The zero-order valence-electron chi connectivity index (χ0n) is 26.0. The number of hydrogen-bond acceptors (Lipinski definition) is 2. The summed E-state index contributed by atoms with van der Waals surface area (Å²) in [5.41, 5.74) is 3.73. The van der Waals surface area contributed by atoms with E-state index in [2.05, 4.69) is 67.5 Å². The van der Waals surface area contributed by atoms with E-state index in [1.54, 1.807) is 0 Å². The van der Waals surface area contributed by atoms with Crippen LogP contribution in [0.5, 0.6) is 0 Å². The van der Waals surface area contributed by atoms with Gasteiger partial charge >= 0.3 is 0 Å². The van der Waals surface area contributed by atoms with E-state index in [9.17, 15) is 9.59 Å². The van der Waals surface area contributed by atoms with Gasteiger partial charge < -0.3 is 15.2 Å². The molecule has 1 aromatic heterocycles. The number of para-hydroxylation sites is 1. The van der Waals surface area contributed by atoms with Gasteiger partial charge in [-0.15, -0.1) is 0 Å². The Bertz CT molecular complexity index is 1480. The van der Waals surface area contributed by atoms with Gasteiger partial charge in [-0.2, -0.15) is 0 Å². The number of H-pyrrole nitrogens is 1. The predicted octanol–water partition coefficient (Wildman–Crippen LogP) is 7.50. The van der Waals surface area contributed by atoms with Crippen LogP contribution in [0.15, 0.2) is 54.6 Å². The highest BCUT2D eigenvalue weighted by molar-refractivity contribution is 5.92. The standard InChI is InChI=1S/C37H47N3O2/c1-23-32(28-13-9-10-14-30(28)38-23)33-29(35(33,2)3)18-31(41)40(22-24-11-7-6-8-12-24)36(4,5)34(42)39-37-19-25-15-26(20-37)17-27(16-25)21-37/h6-14,25-27,29,33,38H,15-22H2,1-5H3,(H,39,42)/t25?,26?,27?,29-,33-,37?/m0/s1. The summed E-state index contributed by atoms with van der Waals surface area (Å²) in [5, 5.41) is 4.86. The van der Waals surface area contributed by atoms with Crippen LogP contribution in [0.3, 0.4) is 0 Å². The van der Waals surface area contributed by atoms with E-state index < -0.39 is 5.54 Å². The number of benzene rings is 2. The Labute approximate surface area is 250 Å². The molecule has 5 aliphatic carbocycles. The van der Waals surface area contributed by atoms with Crippen molar-refractivity contribution in [1.29, 1.82) is 0 Å². The van der Waals surface area contributed by atoms with Gasteiger partial charge in [-0.25, -0.2) is 0 Å². The number of hydrogen-bond donors (Lipinski definition) is 2. The fourth-order valence-electron chi connectivity index (χ4n) is 9.84. The molecule has 42 heavy (non-hydrogen) atoms. The summed E-state index contributed by atoms with van der Waals surface area (Å²) >= 11 is 0. The molecule has 0 spiro atoms.